The fourth-order valence-electron chi connectivity index (χ4n) is 1.69. The first kappa shape index (κ1) is 12.5. The van der Waals surface area contributed by atoms with Crippen LogP contribution in [0.2, 0.25) is 4.34 Å². The molecule has 0 amide bonds. The minimum atomic E-state index is 0.0229. The number of hydrogen-bond acceptors (Lipinski definition) is 3. The van der Waals surface area contributed by atoms with Crippen molar-refractivity contribution in [1.29, 1.82) is 5.26 Å². The normalized spacial score (nSPS) is 14.9. The zero-order valence-electron chi connectivity index (χ0n) is 9.20. The predicted molar refractivity (Wildman–Crippen MR) is 65.2 cm³/mol. The number of hydrogen-bond donors (Lipinski definition) is 0. The second-order valence-electron chi connectivity index (χ2n) is 3.69. The number of nitrogens with zero attached hydrogens (tertiary/aromatic N) is 2. The molecule has 1 heterocycles. The summed E-state index contributed by atoms with van der Waals surface area (Å²) in [6, 6.07) is 6.42. The minimum absolute atomic E-state index is 0.0229. The lowest BCUT2D eigenvalue weighted by Gasteiger charge is -2.26. The lowest BCUT2D eigenvalue weighted by molar-refractivity contribution is 0.245. The molecule has 0 aromatic carbocycles. The Kier molecular flexibility index (Phi) is 4.59. The maximum atomic E-state index is 9.11. The van der Waals surface area contributed by atoms with Crippen LogP contribution in [0.5, 0.6) is 0 Å². The molecule has 15 heavy (non-hydrogen) atoms. The number of nitriles is 1. The Bertz CT molecular complexity index is 354. The molecule has 2 nitrogen and oxygen atoms in total. The molecule has 0 saturated heterocycles. The topological polar surface area (TPSA) is 27.0 Å². The first-order valence-corrected chi connectivity index (χ1v) is 6.10. The molecule has 0 spiro atoms. The summed E-state index contributed by atoms with van der Waals surface area (Å²) in [5, 5.41) is 9.11. The summed E-state index contributed by atoms with van der Waals surface area (Å²) < 4.78 is 0.782. The zero-order valence-corrected chi connectivity index (χ0v) is 10.8. The van der Waals surface area contributed by atoms with Crippen LogP contribution < -0.4 is 0 Å². The van der Waals surface area contributed by atoms with Crippen LogP contribution in [-0.2, 0) is 0 Å². The van der Waals surface area contributed by atoms with Crippen LogP contribution in [-0.4, -0.2) is 19.0 Å². The molecule has 1 rings (SSSR count). The first-order chi connectivity index (χ1) is 7.10. The van der Waals surface area contributed by atoms with Crippen molar-refractivity contribution in [2.75, 3.05) is 14.1 Å². The highest BCUT2D eigenvalue weighted by atomic mass is 35.5. The summed E-state index contributed by atoms with van der Waals surface area (Å²) in [5.41, 5.74) is 0. The summed E-state index contributed by atoms with van der Waals surface area (Å²) >= 11 is 7.47. The molecule has 2 unspecified atom stereocenters. The van der Waals surface area contributed by atoms with Crippen LogP contribution in [0.25, 0.3) is 0 Å². The Hall–Kier alpha value is -0.560. The average Bonchev–Trinajstić information content (AvgIpc) is 2.59. The van der Waals surface area contributed by atoms with Gasteiger partial charge in [-0.2, -0.15) is 5.26 Å². The van der Waals surface area contributed by atoms with E-state index < -0.39 is 0 Å². The Labute approximate surface area is 100 Å². The molecule has 4 heteroatoms. The first-order valence-electron chi connectivity index (χ1n) is 4.91. The Morgan fingerprint density at radius 1 is 1.53 bits per heavy atom. The van der Waals surface area contributed by atoms with Crippen LogP contribution in [0.15, 0.2) is 12.1 Å². The Balaban J connectivity index is 2.98. The second kappa shape index (κ2) is 5.50. The fourth-order valence-corrected chi connectivity index (χ4v) is 3.01. The van der Waals surface area contributed by atoms with Crippen LogP contribution in [0.4, 0.5) is 0 Å². The molecule has 0 radical (unpaired) electrons. The van der Waals surface area contributed by atoms with Gasteiger partial charge in [-0.1, -0.05) is 18.5 Å². The Morgan fingerprint density at radius 3 is 2.53 bits per heavy atom. The molecule has 2 atom stereocenters. The van der Waals surface area contributed by atoms with E-state index in [1.807, 2.05) is 33.2 Å². The van der Waals surface area contributed by atoms with Gasteiger partial charge in [-0.3, -0.25) is 0 Å². The molecule has 0 aliphatic carbocycles. The van der Waals surface area contributed by atoms with Crippen molar-refractivity contribution in [1.82, 2.24) is 4.90 Å². The predicted octanol–water partition coefficient (Wildman–Crippen LogP) is 3.55. The van der Waals surface area contributed by atoms with Gasteiger partial charge in [0, 0.05) is 4.88 Å². The third-order valence-electron chi connectivity index (χ3n) is 2.43. The maximum Gasteiger partial charge on any atom is 0.0931 e. The van der Waals surface area contributed by atoms with Crippen molar-refractivity contribution in [2.24, 2.45) is 5.92 Å². The summed E-state index contributed by atoms with van der Waals surface area (Å²) in [5.74, 6) is 0.0229. The molecule has 1 aromatic heterocycles. The van der Waals surface area contributed by atoms with Gasteiger partial charge in [-0.05, 0) is 32.6 Å². The van der Waals surface area contributed by atoms with Crippen LogP contribution in [0.1, 0.15) is 24.3 Å². The highest BCUT2D eigenvalue weighted by Gasteiger charge is 2.24. The summed E-state index contributed by atoms with van der Waals surface area (Å²) in [6.07, 6.45) is 0.856. The molecular formula is C11H15ClN2S. The van der Waals surface area contributed by atoms with Gasteiger partial charge in [0.15, 0.2) is 0 Å². The molecule has 0 N–H and O–H groups in total. The van der Waals surface area contributed by atoms with E-state index in [4.69, 9.17) is 16.9 Å². The largest absolute Gasteiger partial charge is 0.300 e. The minimum Gasteiger partial charge on any atom is -0.300 e. The van der Waals surface area contributed by atoms with Gasteiger partial charge in [-0.25, -0.2) is 0 Å². The van der Waals surface area contributed by atoms with E-state index >= 15 is 0 Å². The molecule has 0 saturated carbocycles. The third kappa shape index (κ3) is 2.94. The summed E-state index contributed by atoms with van der Waals surface area (Å²) in [7, 11) is 4.00. The quantitative estimate of drug-likeness (QED) is 0.807. The van der Waals surface area contributed by atoms with Crippen molar-refractivity contribution < 1.29 is 0 Å². The molecule has 82 valence electrons. The van der Waals surface area contributed by atoms with Gasteiger partial charge in [0.1, 0.15) is 0 Å². The van der Waals surface area contributed by atoms with Crippen LogP contribution in [0.3, 0.4) is 0 Å². The van der Waals surface area contributed by atoms with Gasteiger partial charge < -0.3 is 4.90 Å². The molecule has 0 aliphatic rings. The molecular weight excluding hydrogens is 228 g/mol. The van der Waals surface area contributed by atoms with E-state index in [1.54, 1.807) is 11.3 Å². The standard InChI is InChI=1S/C11H15ClN2S/c1-4-8(7-13)11(14(2)3)9-5-6-10(12)15-9/h5-6,8,11H,4H2,1-3H3. The molecule has 0 fully saturated rings. The Morgan fingerprint density at radius 2 is 2.20 bits per heavy atom. The highest BCUT2D eigenvalue weighted by molar-refractivity contribution is 7.16. The summed E-state index contributed by atoms with van der Waals surface area (Å²) in [6.45, 7) is 2.04. The van der Waals surface area contributed by atoms with Gasteiger partial charge >= 0.3 is 0 Å². The van der Waals surface area contributed by atoms with Crippen molar-refractivity contribution >= 4 is 22.9 Å². The monoisotopic (exact) mass is 242 g/mol. The number of rotatable bonds is 4. The van der Waals surface area contributed by atoms with Gasteiger partial charge in [0.25, 0.3) is 0 Å². The molecule has 0 aliphatic heterocycles. The van der Waals surface area contributed by atoms with Crippen molar-refractivity contribution in [3.05, 3.63) is 21.3 Å². The van der Waals surface area contributed by atoms with E-state index in [0.29, 0.717) is 0 Å². The van der Waals surface area contributed by atoms with Crippen molar-refractivity contribution in [3.63, 3.8) is 0 Å². The molecule has 1 aromatic rings. The maximum absolute atomic E-state index is 9.11. The zero-order chi connectivity index (χ0) is 11.4. The van der Waals surface area contributed by atoms with Crippen LogP contribution in [0, 0.1) is 17.2 Å². The van der Waals surface area contributed by atoms with E-state index in [-0.39, 0.29) is 12.0 Å². The van der Waals surface area contributed by atoms with E-state index in [0.717, 1.165) is 10.8 Å². The van der Waals surface area contributed by atoms with Gasteiger partial charge in [0.05, 0.1) is 22.4 Å². The smallest absolute Gasteiger partial charge is 0.0931 e. The number of thiophene rings is 1. The number of halogens is 1. The van der Waals surface area contributed by atoms with E-state index in [2.05, 4.69) is 11.0 Å². The fraction of sp³-hybridized carbons (Fsp3) is 0.545. The van der Waals surface area contributed by atoms with Gasteiger partial charge in [0.2, 0.25) is 0 Å². The third-order valence-corrected chi connectivity index (χ3v) is 3.73. The average molecular weight is 243 g/mol. The lowest BCUT2D eigenvalue weighted by atomic mass is 9.96. The lowest BCUT2D eigenvalue weighted by Crippen LogP contribution is -2.25. The molecule has 0 bridgehead atoms. The SMILES string of the molecule is CCC(C#N)C(c1ccc(Cl)s1)N(C)C. The second-order valence-corrected chi connectivity index (χ2v) is 5.44. The van der Waals surface area contributed by atoms with Crippen LogP contribution >= 0.6 is 22.9 Å². The van der Waals surface area contributed by atoms with Crippen molar-refractivity contribution in [2.45, 2.75) is 19.4 Å². The van der Waals surface area contributed by atoms with E-state index in [1.165, 1.54) is 4.88 Å². The highest BCUT2D eigenvalue weighted by Crippen LogP contribution is 2.35. The van der Waals surface area contributed by atoms with Gasteiger partial charge in [-0.15, -0.1) is 11.3 Å². The van der Waals surface area contributed by atoms with E-state index in [9.17, 15) is 0 Å². The summed E-state index contributed by atoms with van der Waals surface area (Å²) in [4.78, 5) is 3.25. The van der Waals surface area contributed by atoms with Crippen molar-refractivity contribution in [3.8, 4) is 6.07 Å².